The van der Waals surface area contributed by atoms with Crippen molar-refractivity contribution in [1.82, 2.24) is 4.90 Å². The van der Waals surface area contributed by atoms with E-state index in [0.29, 0.717) is 11.8 Å². The van der Waals surface area contributed by atoms with Crippen molar-refractivity contribution in [2.45, 2.75) is 38.9 Å². The van der Waals surface area contributed by atoms with Crippen molar-refractivity contribution in [2.24, 2.45) is 23.5 Å². The van der Waals surface area contributed by atoms with Gasteiger partial charge in [0.25, 0.3) is 0 Å². The molecule has 5 atom stereocenters. The maximum absolute atomic E-state index is 12.1. The number of hydrogen-bond acceptors (Lipinski definition) is 2. The quantitative estimate of drug-likeness (QED) is 0.725. The molecule has 1 aliphatic carbocycles. The van der Waals surface area contributed by atoms with Gasteiger partial charge in [-0.2, -0.15) is 0 Å². The number of rotatable bonds is 3. The molecule has 4 nitrogen and oxygen atoms in total. The van der Waals surface area contributed by atoms with Gasteiger partial charge in [-0.05, 0) is 18.3 Å². The highest BCUT2D eigenvalue weighted by molar-refractivity contribution is 5.83. The highest BCUT2D eigenvalue weighted by Crippen LogP contribution is 2.50. The zero-order chi connectivity index (χ0) is 11.9. The fourth-order valence-electron chi connectivity index (χ4n) is 2.51. The summed E-state index contributed by atoms with van der Waals surface area (Å²) < 4.78 is 0. The van der Waals surface area contributed by atoms with Crippen LogP contribution in [0.5, 0.6) is 0 Å². The first-order chi connectivity index (χ1) is 7.60. The van der Waals surface area contributed by atoms with Gasteiger partial charge >= 0.3 is 6.17 Å². The van der Waals surface area contributed by atoms with Crippen molar-refractivity contribution in [3.63, 3.8) is 0 Å². The van der Waals surface area contributed by atoms with Gasteiger partial charge in [-0.1, -0.05) is 20.3 Å². The molecular weight excluding hydrogens is 202 g/mol. The van der Waals surface area contributed by atoms with E-state index in [2.05, 4.69) is 4.85 Å². The lowest BCUT2D eigenvalue weighted by Crippen LogP contribution is -2.49. The molecule has 0 aromatic heterocycles. The molecule has 88 valence electrons. The molecule has 0 radical (unpaired) electrons. The summed E-state index contributed by atoms with van der Waals surface area (Å²) in [7, 11) is 0. The van der Waals surface area contributed by atoms with Crippen LogP contribution < -0.4 is 5.73 Å². The second kappa shape index (κ2) is 4.06. The predicted octanol–water partition coefficient (Wildman–Crippen LogP) is 1.08. The predicted molar refractivity (Wildman–Crippen MR) is 61.1 cm³/mol. The first kappa shape index (κ1) is 11.4. The van der Waals surface area contributed by atoms with Crippen molar-refractivity contribution in [3.05, 3.63) is 11.4 Å². The fraction of sp³-hybridized carbons (Fsp3) is 0.833. The Morgan fingerprint density at radius 3 is 2.94 bits per heavy atom. The van der Waals surface area contributed by atoms with Gasteiger partial charge in [0.2, 0.25) is 5.91 Å². The summed E-state index contributed by atoms with van der Waals surface area (Å²) in [4.78, 5) is 17.4. The minimum Gasteiger partial charge on any atom is -0.320 e. The topological polar surface area (TPSA) is 50.7 Å². The van der Waals surface area contributed by atoms with Crippen LogP contribution in [-0.4, -0.2) is 29.6 Å². The highest BCUT2D eigenvalue weighted by Gasteiger charge is 2.59. The molecule has 1 amide bonds. The van der Waals surface area contributed by atoms with Crippen molar-refractivity contribution < 1.29 is 4.79 Å². The third kappa shape index (κ3) is 1.69. The van der Waals surface area contributed by atoms with Crippen LogP contribution in [0.4, 0.5) is 0 Å². The lowest BCUT2D eigenvalue weighted by Gasteiger charge is -2.25. The average Bonchev–Trinajstić information content (AvgIpc) is 2.98. The molecule has 1 saturated heterocycles. The Kier molecular flexibility index (Phi) is 2.90. The second-order valence-electron chi connectivity index (χ2n) is 5.10. The number of amides is 1. The van der Waals surface area contributed by atoms with Crippen molar-refractivity contribution >= 4 is 5.91 Å². The maximum atomic E-state index is 12.1. The molecule has 4 heteroatoms. The average molecular weight is 221 g/mol. The molecule has 2 rings (SSSR count). The number of nitrogens with zero attached hydrogens (tertiary/aromatic N) is 2. The van der Waals surface area contributed by atoms with Gasteiger partial charge in [0, 0.05) is 6.54 Å². The van der Waals surface area contributed by atoms with E-state index < -0.39 is 6.04 Å². The monoisotopic (exact) mass is 221 g/mol. The van der Waals surface area contributed by atoms with Crippen LogP contribution in [0.2, 0.25) is 0 Å². The summed E-state index contributed by atoms with van der Waals surface area (Å²) >= 11 is 0. The van der Waals surface area contributed by atoms with E-state index in [4.69, 9.17) is 12.3 Å². The van der Waals surface area contributed by atoms with Crippen LogP contribution in [0.3, 0.4) is 0 Å². The molecule has 0 bridgehead atoms. The normalized spacial score (nSPS) is 35.1. The Morgan fingerprint density at radius 2 is 2.38 bits per heavy atom. The Hall–Kier alpha value is -1.08. The van der Waals surface area contributed by atoms with E-state index in [1.165, 1.54) is 0 Å². The van der Waals surface area contributed by atoms with Crippen LogP contribution in [0.15, 0.2) is 0 Å². The largest absolute Gasteiger partial charge is 0.320 e. The third-order valence-electron chi connectivity index (χ3n) is 4.07. The summed E-state index contributed by atoms with van der Waals surface area (Å²) in [5.41, 5.74) is 5.93. The van der Waals surface area contributed by atoms with Gasteiger partial charge in [0.1, 0.15) is 0 Å². The molecular formula is C12H19N3O. The van der Waals surface area contributed by atoms with E-state index >= 15 is 0 Å². The van der Waals surface area contributed by atoms with E-state index in [1.807, 2.05) is 13.8 Å². The Bertz CT molecular complexity index is 336. The summed E-state index contributed by atoms with van der Waals surface area (Å²) in [6, 6.07) is -0.438. The Balaban J connectivity index is 2.03. The summed E-state index contributed by atoms with van der Waals surface area (Å²) in [6.07, 6.45) is 1.79. The molecule has 1 saturated carbocycles. The summed E-state index contributed by atoms with van der Waals surface area (Å²) in [5.74, 6) is 1.18. The van der Waals surface area contributed by atoms with Crippen LogP contribution in [0.25, 0.3) is 4.85 Å². The van der Waals surface area contributed by atoms with Crippen molar-refractivity contribution in [1.29, 1.82) is 0 Å². The summed E-state index contributed by atoms with van der Waals surface area (Å²) in [5, 5.41) is 0. The van der Waals surface area contributed by atoms with Crippen LogP contribution in [-0.2, 0) is 4.79 Å². The minimum atomic E-state index is -0.438. The lowest BCUT2D eigenvalue weighted by molar-refractivity contribution is -0.134. The van der Waals surface area contributed by atoms with E-state index in [0.717, 1.165) is 19.4 Å². The number of nitrogens with two attached hydrogens (primary N) is 1. The number of fused-ring (bicyclic) bond motifs is 1. The Labute approximate surface area is 96.6 Å². The zero-order valence-corrected chi connectivity index (χ0v) is 9.89. The molecule has 16 heavy (non-hydrogen) atoms. The zero-order valence-electron chi connectivity index (χ0n) is 9.89. The molecule has 2 N–H and O–H groups in total. The molecule has 1 heterocycles. The molecule has 0 aromatic carbocycles. The summed E-state index contributed by atoms with van der Waals surface area (Å²) in [6.45, 7) is 11.9. The third-order valence-corrected chi connectivity index (χ3v) is 4.07. The first-order valence-electron chi connectivity index (χ1n) is 6.02. The van der Waals surface area contributed by atoms with E-state index in [1.54, 1.807) is 4.90 Å². The SMILES string of the molecule is [C-]#[N+]C1[C@H]2C[C@H]2CN1C(=O)[C@@H](N)C(C)CC. The maximum Gasteiger partial charge on any atom is 0.303 e. The van der Waals surface area contributed by atoms with Crippen LogP contribution >= 0.6 is 0 Å². The number of hydrogen-bond donors (Lipinski definition) is 1. The number of likely N-dealkylation sites (tertiary alicyclic amines) is 1. The molecule has 2 fully saturated rings. The standard InChI is InChI=1S/C12H19N3O/c1-4-7(2)10(13)12(16)15-6-8-5-9(8)11(15)14-3/h7-11H,4-6,13H2,1-2H3/t7?,8-,9-,10-,11?/m0/s1. The van der Waals surface area contributed by atoms with Gasteiger partial charge in [0.05, 0.1) is 12.0 Å². The minimum absolute atomic E-state index is 0.0254. The molecule has 1 aliphatic heterocycles. The molecule has 2 unspecified atom stereocenters. The van der Waals surface area contributed by atoms with Gasteiger partial charge in [0.15, 0.2) is 0 Å². The van der Waals surface area contributed by atoms with Crippen molar-refractivity contribution in [3.8, 4) is 0 Å². The lowest BCUT2D eigenvalue weighted by atomic mass is 9.99. The molecule has 0 aromatic rings. The van der Waals surface area contributed by atoms with Crippen molar-refractivity contribution in [2.75, 3.05) is 6.54 Å². The van der Waals surface area contributed by atoms with Gasteiger partial charge in [-0.3, -0.25) is 14.5 Å². The van der Waals surface area contributed by atoms with Crippen LogP contribution in [0.1, 0.15) is 26.7 Å². The molecule has 2 aliphatic rings. The smallest absolute Gasteiger partial charge is 0.303 e. The first-order valence-corrected chi connectivity index (χ1v) is 6.02. The highest BCUT2D eigenvalue weighted by atomic mass is 16.2. The second-order valence-corrected chi connectivity index (χ2v) is 5.10. The van der Waals surface area contributed by atoms with Crippen LogP contribution in [0, 0.1) is 24.3 Å². The van der Waals surface area contributed by atoms with Gasteiger partial charge in [-0.15, -0.1) is 0 Å². The number of piperidine rings is 1. The Morgan fingerprint density at radius 1 is 1.69 bits per heavy atom. The fourth-order valence-corrected chi connectivity index (χ4v) is 2.51. The van der Waals surface area contributed by atoms with E-state index in [9.17, 15) is 4.79 Å². The number of carbonyl (C=O) groups is 1. The number of carbonyl (C=O) groups excluding carboxylic acids is 1. The molecule has 0 spiro atoms. The van der Waals surface area contributed by atoms with Gasteiger partial charge < -0.3 is 5.73 Å². The van der Waals surface area contributed by atoms with E-state index in [-0.39, 0.29) is 18.0 Å². The van der Waals surface area contributed by atoms with Gasteiger partial charge in [-0.25, -0.2) is 6.57 Å².